The molecule has 0 unspecified atom stereocenters. The van der Waals surface area contributed by atoms with E-state index < -0.39 is 0 Å². The number of fused-ring (bicyclic) bond motifs is 2. The number of nitrogen functional groups attached to an aromatic ring is 1. The fourth-order valence-electron chi connectivity index (χ4n) is 4.54. The lowest BCUT2D eigenvalue weighted by molar-refractivity contribution is 0.0980. The Bertz CT molecular complexity index is 1250. The number of methoxy groups -OCH3 is 1. The van der Waals surface area contributed by atoms with Crippen molar-refractivity contribution in [2.45, 2.75) is 0 Å². The maximum Gasteiger partial charge on any atom is 0.196 e. The van der Waals surface area contributed by atoms with Crippen LogP contribution in [0.2, 0.25) is 0 Å². The van der Waals surface area contributed by atoms with Gasteiger partial charge in [-0.3, -0.25) is 9.59 Å². The molecule has 3 aromatic rings. The van der Waals surface area contributed by atoms with Crippen LogP contribution in [0.1, 0.15) is 31.8 Å². The normalized spacial score (nSPS) is 15.8. The Labute approximate surface area is 192 Å². The van der Waals surface area contributed by atoms with E-state index in [0.717, 1.165) is 43.3 Å². The van der Waals surface area contributed by atoms with Crippen molar-refractivity contribution in [3.8, 4) is 5.75 Å². The zero-order chi connectivity index (χ0) is 23.1. The van der Waals surface area contributed by atoms with Crippen molar-refractivity contribution >= 4 is 34.3 Å². The first-order valence-corrected chi connectivity index (χ1v) is 11.0. The number of benzene rings is 3. The molecule has 1 fully saturated rings. The van der Waals surface area contributed by atoms with Crippen LogP contribution in [0.15, 0.2) is 54.6 Å². The molecule has 5 rings (SSSR count). The number of nitrogens with zero attached hydrogens (tertiary/aromatic N) is 2. The first kappa shape index (κ1) is 21.0. The van der Waals surface area contributed by atoms with E-state index in [0.29, 0.717) is 28.1 Å². The van der Waals surface area contributed by atoms with Gasteiger partial charge in [0, 0.05) is 43.0 Å². The second kappa shape index (κ2) is 8.26. The number of anilines is 4. The van der Waals surface area contributed by atoms with Crippen molar-refractivity contribution in [3.63, 3.8) is 0 Å². The van der Waals surface area contributed by atoms with Gasteiger partial charge < -0.3 is 25.6 Å². The van der Waals surface area contributed by atoms with Crippen molar-refractivity contribution in [1.82, 2.24) is 4.90 Å². The van der Waals surface area contributed by atoms with E-state index >= 15 is 0 Å². The van der Waals surface area contributed by atoms with Gasteiger partial charge >= 0.3 is 0 Å². The molecule has 3 aromatic carbocycles. The molecule has 0 bridgehead atoms. The van der Waals surface area contributed by atoms with Crippen molar-refractivity contribution in [1.29, 1.82) is 0 Å². The Morgan fingerprint density at radius 2 is 1.48 bits per heavy atom. The van der Waals surface area contributed by atoms with E-state index in [1.165, 1.54) is 0 Å². The summed E-state index contributed by atoms with van der Waals surface area (Å²) in [6.07, 6.45) is 0. The summed E-state index contributed by atoms with van der Waals surface area (Å²) in [4.78, 5) is 31.6. The Kier molecular flexibility index (Phi) is 5.26. The highest BCUT2D eigenvalue weighted by Crippen LogP contribution is 2.42. The summed E-state index contributed by atoms with van der Waals surface area (Å²) in [6.45, 7) is 3.38. The molecular weight excluding hydrogens is 416 g/mol. The van der Waals surface area contributed by atoms with Crippen molar-refractivity contribution in [2.75, 3.05) is 56.3 Å². The largest absolute Gasteiger partial charge is 0.497 e. The SMILES string of the molecule is COc1ccc(Nc2cc(N3CCN(C)CC3)c(N)c3c2C(=O)c2ccccc2C3=O)cc1. The van der Waals surface area contributed by atoms with Gasteiger partial charge in [0.2, 0.25) is 0 Å². The Hall–Kier alpha value is -3.84. The smallest absolute Gasteiger partial charge is 0.196 e. The van der Waals surface area contributed by atoms with Gasteiger partial charge in [-0.25, -0.2) is 0 Å². The first-order chi connectivity index (χ1) is 16.0. The van der Waals surface area contributed by atoms with Crippen LogP contribution in [0.25, 0.3) is 0 Å². The van der Waals surface area contributed by atoms with Gasteiger partial charge in [-0.2, -0.15) is 0 Å². The second-order valence-electron chi connectivity index (χ2n) is 8.45. The number of ether oxygens (including phenoxy) is 1. The molecule has 0 amide bonds. The molecule has 0 spiro atoms. The van der Waals surface area contributed by atoms with E-state index in [9.17, 15) is 9.59 Å². The van der Waals surface area contributed by atoms with Crippen LogP contribution < -0.4 is 20.7 Å². The highest BCUT2D eigenvalue weighted by Gasteiger charge is 2.35. The van der Waals surface area contributed by atoms with Crippen molar-refractivity contribution in [2.24, 2.45) is 0 Å². The number of hydrogen-bond acceptors (Lipinski definition) is 7. The maximum atomic E-state index is 13.6. The van der Waals surface area contributed by atoms with Crippen LogP contribution >= 0.6 is 0 Å². The third-order valence-electron chi connectivity index (χ3n) is 6.43. The Morgan fingerprint density at radius 3 is 2.09 bits per heavy atom. The lowest BCUT2D eigenvalue weighted by Crippen LogP contribution is -2.45. The molecule has 168 valence electrons. The monoisotopic (exact) mass is 442 g/mol. The number of nitrogens with two attached hydrogens (primary N) is 1. The minimum absolute atomic E-state index is 0.201. The molecular formula is C26H26N4O3. The van der Waals surface area contributed by atoms with Crippen LogP contribution in [-0.2, 0) is 0 Å². The average Bonchev–Trinajstić information content (AvgIpc) is 2.84. The van der Waals surface area contributed by atoms with Gasteiger partial charge in [0.15, 0.2) is 11.6 Å². The topological polar surface area (TPSA) is 87.9 Å². The Morgan fingerprint density at radius 1 is 0.879 bits per heavy atom. The van der Waals surface area contributed by atoms with E-state index in [1.807, 2.05) is 30.3 Å². The highest BCUT2D eigenvalue weighted by molar-refractivity contribution is 6.32. The molecule has 33 heavy (non-hydrogen) atoms. The van der Waals surface area contributed by atoms with Crippen LogP contribution in [-0.4, -0.2) is 56.8 Å². The quantitative estimate of drug-likeness (QED) is 0.467. The average molecular weight is 443 g/mol. The van der Waals surface area contributed by atoms with Gasteiger partial charge in [-0.05, 0) is 37.4 Å². The summed E-state index contributed by atoms with van der Waals surface area (Å²) >= 11 is 0. The summed E-state index contributed by atoms with van der Waals surface area (Å²) in [5.41, 5.74) is 10.5. The van der Waals surface area contributed by atoms with Gasteiger partial charge in [-0.1, -0.05) is 24.3 Å². The van der Waals surface area contributed by atoms with Crippen LogP contribution in [0.4, 0.5) is 22.7 Å². The molecule has 2 aliphatic rings. The predicted octanol–water partition coefficient (Wildman–Crippen LogP) is 3.55. The molecule has 0 saturated carbocycles. The standard InChI is InChI=1S/C26H26N4O3/c1-29-11-13-30(14-12-29)21-15-20(28-16-7-9-17(33-2)10-8-16)22-23(24(21)27)26(32)19-6-4-3-5-18(19)25(22)31/h3-10,15,28H,11-14,27H2,1-2H3. The van der Waals surface area contributed by atoms with E-state index in [2.05, 4.69) is 22.2 Å². The number of carbonyl (C=O) groups is 2. The fourth-order valence-corrected chi connectivity index (χ4v) is 4.54. The molecule has 1 heterocycles. The zero-order valence-corrected chi connectivity index (χ0v) is 18.7. The first-order valence-electron chi connectivity index (χ1n) is 11.0. The second-order valence-corrected chi connectivity index (χ2v) is 8.45. The van der Waals surface area contributed by atoms with Gasteiger partial charge in [-0.15, -0.1) is 0 Å². The molecule has 0 atom stereocenters. The van der Waals surface area contributed by atoms with E-state index in [-0.39, 0.29) is 17.1 Å². The van der Waals surface area contributed by atoms with Crippen LogP contribution in [0.3, 0.4) is 0 Å². The number of hydrogen-bond donors (Lipinski definition) is 2. The van der Waals surface area contributed by atoms with E-state index in [1.54, 1.807) is 31.4 Å². The van der Waals surface area contributed by atoms with Crippen molar-refractivity contribution in [3.05, 3.63) is 76.9 Å². The Balaban J connectivity index is 1.67. The summed E-state index contributed by atoms with van der Waals surface area (Å²) in [7, 11) is 3.70. The van der Waals surface area contributed by atoms with Gasteiger partial charge in [0.25, 0.3) is 0 Å². The lowest BCUT2D eigenvalue weighted by Gasteiger charge is -2.36. The molecule has 7 nitrogen and oxygen atoms in total. The minimum atomic E-state index is -0.216. The number of rotatable bonds is 4. The number of nitrogens with one attached hydrogen (secondary N) is 1. The molecule has 7 heteroatoms. The molecule has 1 aliphatic carbocycles. The van der Waals surface area contributed by atoms with Crippen molar-refractivity contribution < 1.29 is 14.3 Å². The van der Waals surface area contributed by atoms with E-state index in [4.69, 9.17) is 10.5 Å². The number of piperazine rings is 1. The predicted molar refractivity (Wildman–Crippen MR) is 130 cm³/mol. The van der Waals surface area contributed by atoms with Crippen LogP contribution in [0, 0.1) is 0 Å². The molecule has 3 N–H and O–H groups in total. The number of ketones is 2. The zero-order valence-electron chi connectivity index (χ0n) is 18.7. The third-order valence-corrected chi connectivity index (χ3v) is 6.43. The third kappa shape index (κ3) is 3.60. The fraction of sp³-hybridized carbons (Fsp3) is 0.231. The molecule has 0 aromatic heterocycles. The lowest BCUT2D eigenvalue weighted by atomic mass is 9.81. The highest BCUT2D eigenvalue weighted by atomic mass is 16.5. The summed E-state index contributed by atoms with van der Waals surface area (Å²) in [6, 6.07) is 16.3. The summed E-state index contributed by atoms with van der Waals surface area (Å²) < 4.78 is 5.25. The van der Waals surface area contributed by atoms with Gasteiger partial charge in [0.05, 0.1) is 35.3 Å². The summed E-state index contributed by atoms with van der Waals surface area (Å²) in [5.74, 6) is 0.317. The maximum absolute atomic E-state index is 13.6. The van der Waals surface area contributed by atoms with Crippen LogP contribution in [0.5, 0.6) is 5.75 Å². The summed E-state index contributed by atoms with van der Waals surface area (Å²) in [5, 5.41) is 3.36. The molecule has 1 saturated heterocycles. The minimum Gasteiger partial charge on any atom is -0.497 e. The number of carbonyl (C=O) groups excluding carboxylic acids is 2. The number of likely N-dealkylation sites (N-methyl/N-ethyl adjacent to an activating group) is 1. The molecule has 1 aliphatic heterocycles. The molecule has 0 radical (unpaired) electrons. The van der Waals surface area contributed by atoms with Gasteiger partial charge in [0.1, 0.15) is 5.75 Å².